The van der Waals surface area contributed by atoms with E-state index < -0.39 is 18.3 Å². The van der Waals surface area contributed by atoms with E-state index in [0.29, 0.717) is 10.8 Å². The fraction of sp³-hybridized carbons (Fsp3) is 0.182. The van der Waals surface area contributed by atoms with E-state index in [1.165, 1.54) is 12.7 Å². The number of rotatable bonds is 5. The number of aliphatic hydroxyl groups is 1. The van der Waals surface area contributed by atoms with Crippen molar-refractivity contribution in [2.75, 3.05) is 0 Å². The molecule has 0 bridgehead atoms. The lowest BCUT2D eigenvalue weighted by Gasteiger charge is -2.21. The quantitative estimate of drug-likeness (QED) is 0.848. The molecule has 0 saturated carbocycles. The number of carbonyl (C=O) groups is 1. The zero-order chi connectivity index (χ0) is 13.8. The van der Waals surface area contributed by atoms with E-state index in [9.17, 15) is 9.90 Å². The van der Waals surface area contributed by atoms with E-state index in [4.69, 9.17) is 21.4 Å². The summed E-state index contributed by atoms with van der Waals surface area (Å²) in [5.74, 6) is -1.07. The Kier molecular flexibility index (Phi) is 3.98. The first-order valence-corrected chi connectivity index (χ1v) is 5.63. The highest BCUT2D eigenvalue weighted by atomic mass is 35.5. The molecule has 0 aliphatic carbocycles. The van der Waals surface area contributed by atoms with Crippen molar-refractivity contribution in [3.8, 4) is 5.75 Å². The van der Waals surface area contributed by atoms with Gasteiger partial charge in [0, 0.05) is 5.02 Å². The van der Waals surface area contributed by atoms with Crippen LogP contribution >= 0.6 is 11.6 Å². The highest BCUT2D eigenvalue weighted by Gasteiger charge is 2.30. The molecular formula is C11H10ClN3O4. The standard InChI is InChI=1S/C11H10ClN3O4/c12-7-1-3-8(4-2-7)19-10(9(16)11(17)18)15-6-13-5-14-15/h1-6,9-10,16H,(H,17,18). The Morgan fingerprint density at radius 2 is 2.05 bits per heavy atom. The van der Waals surface area contributed by atoms with Gasteiger partial charge in [-0.3, -0.25) is 0 Å². The molecule has 0 spiro atoms. The van der Waals surface area contributed by atoms with Gasteiger partial charge in [0.05, 0.1) is 0 Å². The summed E-state index contributed by atoms with van der Waals surface area (Å²) in [6.07, 6.45) is -0.530. The van der Waals surface area contributed by atoms with E-state index in [0.717, 1.165) is 4.68 Å². The Morgan fingerprint density at radius 1 is 1.37 bits per heavy atom. The number of ether oxygens (including phenoxy) is 1. The van der Waals surface area contributed by atoms with Gasteiger partial charge in [-0.15, -0.1) is 0 Å². The predicted octanol–water partition coefficient (Wildman–Crippen LogP) is 0.955. The first-order chi connectivity index (χ1) is 9.08. The van der Waals surface area contributed by atoms with Gasteiger partial charge in [-0.1, -0.05) is 11.6 Å². The molecule has 7 nitrogen and oxygen atoms in total. The minimum atomic E-state index is -1.78. The minimum Gasteiger partial charge on any atom is -0.479 e. The van der Waals surface area contributed by atoms with Crippen LogP contribution in [0.4, 0.5) is 0 Å². The molecule has 8 heteroatoms. The average molecular weight is 284 g/mol. The van der Waals surface area contributed by atoms with Crippen LogP contribution in [-0.2, 0) is 4.79 Å². The molecular weight excluding hydrogens is 274 g/mol. The molecule has 100 valence electrons. The summed E-state index contributed by atoms with van der Waals surface area (Å²) in [6.45, 7) is 0. The summed E-state index contributed by atoms with van der Waals surface area (Å²) < 4.78 is 6.53. The van der Waals surface area contributed by atoms with Crippen molar-refractivity contribution in [2.45, 2.75) is 12.3 Å². The average Bonchev–Trinajstić information content (AvgIpc) is 2.91. The Labute approximate surface area is 113 Å². The summed E-state index contributed by atoms with van der Waals surface area (Å²) in [5.41, 5.74) is 0. The maximum absolute atomic E-state index is 10.9. The van der Waals surface area contributed by atoms with Crippen molar-refractivity contribution in [3.05, 3.63) is 41.9 Å². The van der Waals surface area contributed by atoms with Crippen LogP contribution in [0.15, 0.2) is 36.9 Å². The van der Waals surface area contributed by atoms with Gasteiger partial charge in [0.25, 0.3) is 0 Å². The predicted molar refractivity (Wildman–Crippen MR) is 64.8 cm³/mol. The van der Waals surface area contributed by atoms with E-state index in [-0.39, 0.29) is 0 Å². The van der Waals surface area contributed by atoms with Crippen LogP contribution < -0.4 is 4.74 Å². The van der Waals surface area contributed by atoms with Gasteiger partial charge >= 0.3 is 5.97 Å². The van der Waals surface area contributed by atoms with Crippen molar-refractivity contribution < 1.29 is 19.7 Å². The van der Waals surface area contributed by atoms with Gasteiger partial charge < -0.3 is 14.9 Å². The lowest BCUT2D eigenvalue weighted by molar-refractivity contribution is -0.155. The van der Waals surface area contributed by atoms with Crippen LogP contribution in [-0.4, -0.2) is 37.1 Å². The van der Waals surface area contributed by atoms with Crippen LogP contribution in [0, 0.1) is 0 Å². The molecule has 0 radical (unpaired) electrons. The number of aliphatic hydroxyl groups excluding tert-OH is 1. The smallest absolute Gasteiger partial charge is 0.338 e. The molecule has 0 amide bonds. The van der Waals surface area contributed by atoms with Crippen LogP contribution in [0.3, 0.4) is 0 Å². The number of aromatic nitrogens is 3. The van der Waals surface area contributed by atoms with Crippen molar-refractivity contribution in [1.29, 1.82) is 0 Å². The van der Waals surface area contributed by atoms with Crippen molar-refractivity contribution in [1.82, 2.24) is 14.8 Å². The summed E-state index contributed by atoms with van der Waals surface area (Å²) in [5, 5.41) is 22.8. The fourth-order valence-electron chi connectivity index (χ4n) is 1.39. The molecule has 19 heavy (non-hydrogen) atoms. The van der Waals surface area contributed by atoms with Gasteiger partial charge in [0.2, 0.25) is 12.3 Å². The van der Waals surface area contributed by atoms with Gasteiger partial charge in [-0.25, -0.2) is 14.5 Å². The molecule has 1 aromatic carbocycles. The van der Waals surface area contributed by atoms with E-state index in [1.807, 2.05) is 0 Å². The molecule has 0 aliphatic rings. The zero-order valence-corrected chi connectivity index (χ0v) is 10.3. The molecule has 0 aliphatic heterocycles. The second-order valence-corrected chi connectivity index (χ2v) is 4.06. The number of hydrogen-bond acceptors (Lipinski definition) is 5. The molecule has 1 heterocycles. The summed E-state index contributed by atoms with van der Waals surface area (Å²) in [4.78, 5) is 14.6. The molecule has 2 aromatic rings. The molecule has 2 atom stereocenters. The van der Waals surface area contributed by atoms with Crippen LogP contribution in [0.1, 0.15) is 6.23 Å². The fourth-order valence-corrected chi connectivity index (χ4v) is 1.51. The van der Waals surface area contributed by atoms with Gasteiger partial charge in [0.15, 0.2) is 0 Å². The lowest BCUT2D eigenvalue weighted by atomic mass is 10.3. The highest BCUT2D eigenvalue weighted by molar-refractivity contribution is 6.30. The van der Waals surface area contributed by atoms with E-state index >= 15 is 0 Å². The highest BCUT2D eigenvalue weighted by Crippen LogP contribution is 2.21. The monoisotopic (exact) mass is 283 g/mol. The number of hydrogen-bond donors (Lipinski definition) is 2. The Hall–Kier alpha value is -2.12. The van der Waals surface area contributed by atoms with Gasteiger partial charge in [0.1, 0.15) is 18.4 Å². The largest absolute Gasteiger partial charge is 0.479 e. The first-order valence-electron chi connectivity index (χ1n) is 5.25. The van der Waals surface area contributed by atoms with Crippen molar-refractivity contribution in [2.24, 2.45) is 0 Å². The SMILES string of the molecule is O=C(O)C(O)C(Oc1ccc(Cl)cc1)n1cncn1. The Balaban J connectivity index is 2.23. The number of carboxylic acid groups (broad SMARTS) is 1. The summed E-state index contributed by atoms with van der Waals surface area (Å²) >= 11 is 5.73. The maximum atomic E-state index is 10.9. The molecule has 2 unspecified atom stereocenters. The third-order valence-electron chi connectivity index (χ3n) is 2.29. The van der Waals surface area contributed by atoms with Crippen molar-refractivity contribution >= 4 is 17.6 Å². The maximum Gasteiger partial charge on any atom is 0.338 e. The number of halogens is 1. The number of carboxylic acids is 1. The molecule has 0 fully saturated rings. The zero-order valence-electron chi connectivity index (χ0n) is 9.55. The third kappa shape index (κ3) is 3.21. The van der Waals surface area contributed by atoms with Crippen LogP contribution in [0.5, 0.6) is 5.75 Å². The minimum absolute atomic E-state index is 0.352. The van der Waals surface area contributed by atoms with Crippen molar-refractivity contribution in [3.63, 3.8) is 0 Å². The van der Waals surface area contributed by atoms with Gasteiger partial charge in [-0.2, -0.15) is 5.10 Å². The first kappa shape index (κ1) is 13.3. The Bertz CT molecular complexity index is 544. The van der Waals surface area contributed by atoms with E-state index in [2.05, 4.69) is 10.1 Å². The molecule has 2 N–H and O–H groups in total. The summed E-state index contributed by atoms with van der Waals surface area (Å²) in [6, 6.07) is 6.28. The topological polar surface area (TPSA) is 97.5 Å². The number of aliphatic carboxylic acids is 1. The number of benzene rings is 1. The second-order valence-electron chi connectivity index (χ2n) is 3.62. The molecule has 2 rings (SSSR count). The van der Waals surface area contributed by atoms with E-state index in [1.54, 1.807) is 24.3 Å². The van der Waals surface area contributed by atoms with Gasteiger partial charge in [-0.05, 0) is 24.3 Å². The number of nitrogens with zero attached hydrogens (tertiary/aromatic N) is 3. The second kappa shape index (κ2) is 5.68. The lowest BCUT2D eigenvalue weighted by Crippen LogP contribution is -2.35. The van der Waals surface area contributed by atoms with Crippen LogP contribution in [0.2, 0.25) is 5.02 Å². The molecule has 1 aromatic heterocycles. The third-order valence-corrected chi connectivity index (χ3v) is 2.54. The Morgan fingerprint density at radius 3 is 2.58 bits per heavy atom. The van der Waals surface area contributed by atoms with Crippen LogP contribution in [0.25, 0.3) is 0 Å². The molecule has 0 saturated heterocycles. The summed E-state index contributed by atoms with van der Waals surface area (Å²) in [7, 11) is 0. The normalized spacial score (nSPS) is 13.8.